The maximum Gasteiger partial charge on any atom is 0.410 e. The lowest BCUT2D eigenvalue weighted by Gasteiger charge is -2.31. The van der Waals surface area contributed by atoms with Crippen LogP contribution in [0.4, 0.5) is 9.18 Å². The average molecular weight is 357 g/mol. The maximum absolute atomic E-state index is 14.6. The molecule has 0 spiro atoms. The van der Waals surface area contributed by atoms with Crippen LogP contribution < -0.4 is 4.74 Å². The van der Waals surface area contributed by atoms with E-state index in [1.807, 2.05) is 57.2 Å². The van der Waals surface area contributed by atoms with Crippen LogP contribution in [-0.2, 0) is 24.3 Å². The van der Waals surface area contributed by atoms with Gasteiger partial charge in [0, 0.05) is 18.2 Å². The summed E-state index contributed by atoms with van der Waals surface area (Å²) >= 11 is 0. The van der Waals surface area contributed by atoms with E-state index in [-0.39, 0.29) is 12.4 Å². The van der Waals surface area contributed by atoms with Gasteiger partial charge in [-0.2, -0.15) is 0 Å². The molecule has 1 heterocycles. The fourth-order valence-corrected chi connectivity index (χ4v) is 2.90. The summed E-state index contributed by atoms with van der Waals surface area (Å²) in [6.07, 6.45) is 0.167. The fraction of sp³-hybridized carbons (Fsp3) is 0.381. The van der Waals surface area contributed by atoms with E-state index >= 15 is 0 Å². The molecule has 0 aliphatic carbocycles. The second-order valence-electron chi connectivity index (χ2n) is 7.47. The molecule has 1 aliphatic heterocycles. The Morgan fingerprint density at radius 2 is 1.92 bits per heavy atom. The number of carbonyl (C=O) groups excluding carboxylic acids is 1. The summed E-state index contributed by atoms with van der Waals surface area (Å²) in [5.74, 6) is 0.162. The number of halogens is 1. The summed E-state index contributed by atoms with van der Waals surface area (Å²) in [5.41, 5.74) is 1.88. The number of hydrogen-bond donors (Lipinski definition) is 0. The number of fused-ring (bicyclic) bond motifs is 1. The van der Waals surface area contributed by atoms with E-state index in [0.29, 0.717) is 30.9 Å². The molecule has 0 radical (unpaired) electrons. The highest BCUT2D eigenvalue weighted by Crippen LogP contribution is 2.28. The summed E-state index contributed by atoms with van der Waals surface area (Å²) in [5, 5.41) is 0. The standard InChI is InChI=1S/C21H24FNO3/c1-21(2,3)26-20(24)23-10-9-16-11-17(12-19(22)18(16)13-23)25-14-15-7-5-4-6-8-15/h4-8,11-12H,9-10,13-14H2,1-3H3. The molecule has 2 aromatic carbocycles. The van der Waals surface area contributed by atoms with Gasteiger partial charge in [-0.15, -0.1) is 0 Å². The molecule has 1 aliphatic rings. The number of amides is 1. The molecule has 0 saturated heterocycles. The summed E-state index contributed by atoms with van der Waals surface area (Å²) in [4.78, 5) is 13.8. The van der Waals surface area contributed by atoms with Crippen molar-refractivity contribution in [2.45, 2.75) is 45.9 Å². The van der Waals surface area contributed by atoms with Crippen molar-refractivity contribution in [3.63, 3.8) is 0 Å². The minimum Gasteiger partial charge on any atom is -0.489 e. The minimum absolute atomic E-state index is 0.217. The first-order valence-electron chi connectivity index (χ1n) is 8.78. The first-order valence-corrected chi connectivity index (χ1v) is 8.78. The molecule has 5 heteroatoms. The predicted octanol–water partition coefficient (Wildman–Crippen LogP) is 4.70. The molecule has 0 saturated carbocycles. The van der Waals surface area contributed by atoms with Crippen molar-refractivity contribution in [3.8, 4) is 5.75 Å². The third-order valence-corrected chi connectivity index (χ3v) is 4.16. The van der Waals surface area contributed by atoms with Gasteiger partial charge in [0.25, 0.3) is 0 Å². The van der Waals surface area contributed by atoms with Gasteiger partial charge in [0.2, 0.25) is 0 Å². The van der Waals surface area contributed by atoms with E-state index in [2.05, 4.69) is 0 Å². The first-order chi connectivity index (χ1) is 12.3. The SMILES string of the molecule is CC(C)(C)OC(=O)N1CCc2cc(OCc3ccccc3)cc(F)c2C1. The van der Waals surface area contributed by atoms with Crippen LogP contribution in [0.2, 0.25) is 0 Å². The van der Waals surface area contributed by atoms with Gasteiger partial charge >= 0.3 is 6.09 Å². The molecular weight excluding hydrogens is 333 g/mol. The third-order valence-electron chi connectivity index (χ3n) is 4.16. The summed E-state index contributed by atoms with van der Waals surface area (Å²) in [6, 6.07) is 13.0. The molecule has 26 heavy (non-hydrogen) atoms. The molecule has 4 nitrogen and oxygen atoms in total. The normalized spacial score (nSPS) is 13.9. The zero-order valence-electron chi connectivity index (χ0n) is 15.4. The fourth-order valence-electron chi connectivity index (χ4n) is 2.90. The molecule has 2 aromatic rings. The number of nitrogens with zero attached hydrogens (tertiary/aromatic N) is 1. The Balaban J connectivity index is 1.69. The molecule has 138 valence electrons. The number of hydrogen-bond acceptors (Lipinski definition) is 3. The Kier molecular flexibility index (Phi) is 5.16. The van der Waals surface area contributed by atoms with Gasteiger partial charge in [0.1, 0.15) is 23.8 Å². The zero-order valence-corrected chi connectivity index (χ0v) is 15.4. The lowest BCUT2D eigenvalue weighted by molar-refractivity contribution is 0.0221. The maximum atomic E-state index is 14.6. The second kappa shape index (κ2) is 7.36. The Morgan fingerprint density at radius 3 is 2.62 bits per heavy atom. The van der Waals surface area contributed by atoms with Crippen molar-refractivity contribution in [2.75, 3.05) is 6.54 Å². The lowest BCUT2D eigenvalue weighted by Crippen LogP contribution is -2.40. The number of benzene rings is 2. The third kappa shape index (κ3) is 4.54. The minimum atomic E-state index is -0.564. The Morgan fingerprint density at radius 1 is 1.19 bits per heavy atom. The molecule has 0 aromatic heterocycles. The van der Waals surface area contributed by atoms with Crippen LogP contribution in [0.5, 0.6) is 5.75 Å². The van der Waals surface area contributed by atoms with Gasteiger partial charge in [0.15, 0.2) is 0 Å². The van der Waals surface area contributed by atoms with E-state index in [0.717, 1.165) is 11.1 Å². The Bertz CT molecular complexity index is 784. The van der Waals surface area contributed by atoms with E-state index < -0.39 is 11.7 Å². The highest BCUT2D eigenvalue weighted by atomic mass is 19.1. The topological polar surface area (TPSA) is 38.8 Å². The van der Waals surface area contributed by atoms with Crippen LogP contribution in [0, 0.1) is 5.82 Å². The monoisotopic (exact) mass is 357 g/mol. The Labute approximate surface area is 153 Å². The zero-order chi connectivity index (χ0) is 18.7. The second-order valence-corrected chi connectivity index (χ2v) is 7.47. The molecule has 3 rings (SSSR count). The first kappa shape index (κ1) is 18.2. The van der Waals surface area contributed by atoms with Gasteiger partial charge < -0.3 is 14.4 Å². The van der Waals surface area contributed by atoms with E-state index in [1.54, 1.807) is 4.90 Å². The van der Waals surface area contributed by atoms with Gasteiger partial charge in [0.05, 0.1) is 6.54 Å². The quantitative estimate of drug-likeness (QED) is 0.799. The van der Waals surface area contributed by atoms with Crippen molar-refractivity contribution < 1.29 is 18.7 Å². The number of ether oxygens (including phenoxy) is 2. The number of carbonyl (C=O) groups is 1. The molecule has 0 unspecified atom stereocenters. The highest BCUT2D eigenvalue weighted by Gasteiger charge is 2.27. The van der Waals surface area contributed by atoms with Crippen molar-refractivity contribution in [1.82, 2.24) is 4.90 Å². The van der Waals surface area contributed by atoms with Gasteiger partial charge in [-0.3, -0.25) is 0 Å². The number of rotatable bonds is 3. The van der Waals surface area contributed by atoms with E-state index in [1.165, 1.54) is 6.07 Å². The lowest BCUT2D eigenvalue weighted by atomic mass is 9.99. The molecular formula is C21H24FNO3. The molecule has 0 atom stereocenters. The smallest absolute Gasteiger partial charge is 0.410 e. The largest absolute Gasteiger partial charge is 0.489 e. The Hall–Kier alpha value is -2.56. The van der Waals surface area contributed by atoms with Crippen molar-refractivity contribution >= 4 is 6.09 Å². The van der Waals surface area contributed by atoms with Crippen molar-refractivity contribution in [1.29, 1.82) is 0 Å². The van der Waals surface area contributed by atoms with Crippen LogP contribution in [0.3, 0.4) is 0 Å². The van der Waals surface area contributed by atoms with Crippen LogP contribution in [-0.4, -0.2) is 23.1 Å². The molecule has 0 N–H and O–H groups in total. The highest BCUT2D eigenvalue weighted by molar-refractivity contribution is 5.68. The molecule has 0 fully saturated rings. The van der Waals surface area contributed by atoms with Gasteiger partial charge in [-0.25, -0.2) is 9.18 Å². The summed E-state index contributed by atoms with van der Waals surface area (Å²) in [6.45, 7) is 6.57. The van der Waals surface area contributed by atoms with Crippen LogP contribution >= 0.6 is 0 Å². The average Bonchev–Trinajstić information content (AvgIpc) is 2.59. The molecule has 1 amide bonds. The van der Waals surface area contributed by atoms with Gasteiger partial charge in [-0.05, 0) is 44.4 Å². The molecule has 0 bridgehead atoms. The van der Waals surface area contributed by atoms with Crippen LogP contribution in [0.15, 0.2) is 42.5 Å². The van der Waals surface area contributed by atoms with E-state index in [4.69, 9.17) is 9.47 Å². The summed E-state index contributed by atoms with van der Waals surface area (Å²) in [7, 11) is 0. The van der Waals surface area contributed by atoms with Gasteiger partial charge in [-0.1, -0.05) is 30.3 Å². The van der Waals surface area contributed by atoms with E-state index in [9.17, 15) is 9.18 Å². The predicted molar refractivity (Wildman–Crippen MR) is 97.5 cm³/mol. The van der Waals surface area contributed by atoms with Crippen LogP contribution in [0.25, 0.3) is 0 Å². The van der Waals surface area contributed by atoms with Crippen molar-refractivity contribution in [3.05, 3.63) is 65.0 Å². The van der Waals surface area contributed by atoms with Crippen molar-refractivity contribution in [2.24, 2.45) is 0 Å². The van der Waals surface area contributed by atoms with Crippen LogP contribution in [0.1, 0.15) is 37.5 Å². The summed E-state index contributed by atoms with van der Waals surface area (Å²) < 4.78 is 25.7.